The summed E-state index contributed by atoms with van der Waals surface area (Å²) in [6.45, 7) is 15.1. The van der Waals surface area contributed by atoms with Gasteiger partial charge in [-0.1, -0.05) is 27.7 Å². The highest BCUT2D eigenvalue weighted by Gasteiger charge is 2.27. The number of hydrogen-bond donors (Lipinski definition) is 2. The lowest BCUT2D eigenvalue weighted by Gasteiger charge is -2.37. The molecule has 0 saturated carbocycles. The molecule has 116 valence electrons. The van der Waals surface area contributed by atoms with E-state index < -0.39 is 0 Å². The van der Waals surface area contributed by atoms with Crippen LogP contribution in [-0.2, 0) is 0 Å². The van der Waals surface area contributed by atoms with E-state index in [1.165, 1.54) is 0 Å². The van der Waals surface area contributed by atoms with Crippen LogP contribution in [0.15, 0.2) is 0 Å². The van der Waals surface area contributed by atoms with Gasteiger partial charge in [-0.15, -0.1) is 0 Å². The van der Waals surface area contributed by atoms with Crippen LogP contribution in [0, 0.1) is 5.92 Å². The van der Waals surface area contributed by atoms with Crippen LogP contribution in [0.4, 0.5) is 0 Å². The van der Waals surface area contributed by atoms with E-state index in [2.05, 4.69) is 63.8 Å². The van der Waals surface area contributed by atoms with E-state index in [4.69, 9.17) is 0 Å². The van der Waals surface area contributed by atoms with E-state index in [1.54, 1.807) is 0 Å². The Morgan fingerprint density at radius 2 is 1.68 bits per heavy atom. The van der Waals surface area contributed by atoms with E-state index in [0.717, 1.165) is 26.2 Å². The van der Waals surface area contributed by atoms with Crippen LogP contribution in [0.25, 0.3) is 0 Å². The molecule has 0 heterocycles. The molecule has 0 saturated heterocycles. The van der Waals surface area contributed by atoms with Crippen molar-refractivity contribution in [3.63, 3.8) is 0 Å². The van der Waals surface area contributed by atoms with Gasteiger partial charge in [-0.05, 0) is 26.9 Å². The molecule has 0 aromatic heterocycles. The smallest absolute Gasteiger partial charge is 0.0623 e. The highest BCUT2D eigenvalue weighted by Crippen LogP contribution is 2.10. The molecule has 1 atom stereocenters. The lowest BCUT2D eigenvalue weighted by Crippen LogP contribution is -2.57. The van der Waals surface area contributed by atoms with Gasteiger partial charge in [0.05, 0.1) is 12.1 Å². The Hall–Kier alpha value is -0.160. The maximum absolute atomic E-state index is 9.70. The van der Waals surface area contributed by atoms with Crippen molar-refractivity contribution in [1.82, 2.24) is 15.1 Å². The molecule has 2 N–H and O–H groups in total. The minimum atomic E-state index is -0.227. The predicted octanol–water partition coefficient (Wildman–Crippen LogP) is 1.26. The van der Waals surface area contributed by atoms with Crippen molar-refractivity contribution in [2.24, 2.45) is 5.92 Å². The van der Waals surface area contributed by atoms with Gasteiger partial charge in [-0.25, -0.2) is 0 Å². The lowest BCUT2D eigenvalue weighted by atomic mass is 10.0. The number of nitrogens with zero attached hydrogens (tertiary/aromatic N) is 2. The molecule has 4 heteroatoms. The van der Waals surface area contributed by atoms with Crippen LogP contribution < -0.4 is 5.32 Å². The van der Waals surface area contributed by atoms with Gasteiger partial charge in [0.15, 0.2) is 0 Å². The molecule has 0 aromatic carbocycles. The molecule has 19 heavy (non-hydrogen) atoms. The van der Waals surface area contributed by atoms with Crippen molar-refractivity contribution in [2.75, 3.05) is 46.9 Å². The minimum Gasteiger partial charge on any atom is -0.394 e. The fourth-order valence-corrected chi connectivity index (χ4v) is 2.42. The first kappa shape index (κ1) is 18.8. The van der Waals surface area contributed by atoms with Gasteiger partial charge in [-0.2, -0.15) is 0 Å². The van der Waals surface area contributed by atoms with Crippen LogP contribution >= 0.6 is 0 Å². The van der Waals surface area contributed by atoms with Crippen molar-refractivity contribution in [1.29, 1.82) is 0 Å². The summed E-state index contributed by atoms with van der Waals surface area (Å²) in [6.07, 6.45) is 0. The maximum atomic E-state index is 9.70. The Bertz CT molecular complexity index is 231. The number of aliphatic hydroxyl groups is 1. The summed E-state index contributed by atoms with van der Waals surface area (Å²) in [5.74, 6) is 0.643. The second kappa shape index (κ2) is 8.90. The quantitative estimate of drug-likeness (QED) is 0.628. The Kier molecular flexibility index (Phi) is 8.83. The summed E-state index contributed by atoms with van der Waals surface area (Å²) in [5, 5.41) is 13.2. The van der Waals surface area contributed by atoms with Gasteiger partial charge in [0, 0.05) is 32.2 Å². The Morgan fingerprint density at radius 1 is 1.11 bits per heavy atom. The molecule has 0 fully saturated rings. The van der Waals surface area contributed by atoms with Gasteiger partial charge in [0.2, 0.25) is 0 Å². The van der Waals surface area contributed by atoms with Crippen LogP contribution in [0.1, 0.15) is 34.6 Å². The molecule has 0 spiro atoms. The number of hydrogen-bond acceptors (Lipinski definition) is 4. The Morgan fingerprint density at radius 3 is 2.05 bits per heavy atom. The van der Waals surface area contributed by atoms with Gasteiger partial charge < -0.3 is 15.3 Å². The first-order valence-corrected chi connectivity index (χ1v) is 7.44. The number of rotatable bonds is 10. The number of likely N-dealkylation sites (N-methyl/N-ethyl adjacent to an activating group) is 1. The first-order chi connectivity index (χ1) is 8.68. The summed E-state index contributed by atoms with van der Waals surface area (Å²) in [7, 11) is 4.20. The fourth-order valence-electron chi connectivity index (χ4n) is 2.42. The second-order valence-corrected chi connectivity index (χ2v) is 6.95. The van der Waals surface area contributed by atoms with Gasteiger partial charge >= 0.3 is 0 Å². The Balaban J connectivity index is 4.56. The molecule has 4 nitrogen and oxygen atoms in total. The third-order valence-corrected chi connectivity index (χ3v) is 3.05. The summed E-state index contributed by atoms with van der Waals surface area (Å²) >= 11 is 0. The van der Waals surface area contributed by atoms with Crippen molar-refractivity contribution >= 4 is 0 Å². The van der Waals surface area contributed by atoms with Gasteiger partial charge in [0.1, 0.15) is 0 Å². The normalized spacial score (nSPS) is 15.8. The second-order valence-electron chi connectivity index (χ2n) is 6.95. The average Bonchev–Trinajstić information content (AvgIpc) is 2.24. The van der Waals surface area contributed by atoms with E-state index in [0.29, 0.717) is 12.0 Å². The SMILES string of the molecule is CC(C)CN(CCN(C)C)CC(C)(CO)NC(C)C. The first-order valence-electron chi connectivity index (χ1n) is 7.44. The Labute approximate surface area is 120 Å². The molecular weight excluding hydrogens is 238 g/mol. The zero-order valence-corrected chi connectivity index (χ0v) is 14.0. The van der Waals surface area contributed by atoms with Gasteiger partial charge in [-0.3, -0.25) is 4.90 Å². The summed E-state index contributed by atoms with van der Waals surface area (Å²) in [4.78, 5) is 4.66. The van der Waals surface area contributed by atoms with E-state index in [1.807, 2.05) is 0 Å². The zero-order chi connectivity index (χ0) is 15.1. The van der Waals surface area contributed by atoms with Crippen LogP contribution in [-0.4, -0.2) is 73.4 Å². The molecule has 0 amide bonds. The fraction of sp³-hybridized carbons (Fsp3) is 1.00. The standard InChI is InChI=1S/C15H35N3O/c1-13(2)10-18(9-8-17(6)7)11-15(5,12-19)16-14(3)4/h13-14,16,19H,8-12H2,1-7H3. The van der Waals surface area contributed by atoms with Gasteiger partial charge in [0.25, 0.3) is 0 Å². The topological polar surface area (TPSA) is 38.7 Å². The van der Waals surface area contributed by atoms with E-state index >= 15 is 0 Å². The van der Waals surface area contributed by atoms with Crippen LogP contribution in [0.2, 0.25) is 0 Å². The lowest BCUT2D eigenvalue weighted by molar-refractivity contribution is 0.102. The van der Waals surface area contributed by atoms with E-state index in [9.17, 15) is 5.11 Å². The molecule has 0 aliphatic rings. The van der Waals surface area contributed by atoms with Crippen molar-refractivity contribution in [3.05, 3.63) is 0 Å². The highest BCUT2D eigenvalue weighted by molar-refractivity contribution is 4.88. The summed E-state index contributed by atoms with van der Waals surface area (Å²) < 4.78 is 0. The van der Waals surface area contributed by atoms with Crippen molar-refractivity contribution in [2.45, 2.75) is 46.2 Å². The van der Waals surface area contributed by atoms with Crippen molar-refractivity contribution in [3.8, 4) is 0 Å². The number of nitrogens with one attached hydrogen (secondary N) is 1. The molecule has 0 aliphatic heterocycles. The van der Waals surface area contributed by atoms with E-state index in [-0.39, 0.29) is 12.1 Å². The maximum Gasteiger partial charge on any atom is 0.0623 e. The molecule has 1 unspecified atom stereocenters. The molecule has 0 radical (unpaired) electrons. The highest BCUT2D eigenvalue weighted by atomic mass is 16.3. The average molecular weight is 273 g/mol. The zero-order valence-electron chi connectivity index (χ0n) is 14.0. The number of aliphatic hydroxyl groups excluding tert-OH is 1. The third kappa shape index (κ3) is 9.38. The van der Waals surface area contributed by atoms with Crippen LogP contribution in [0.3, 0.4) is 0 Å². The molecule has 0 bridgehead atoms. The largest absolute Gasteiger partial charge is 0.394 e. The summed E-state index contributed by atoms with van der Waals surface area (Å²) in [6, 6.07) is 0.381. The minimum absolute atomic E-state index is 0.168. The summed E-state index contributed by atoms with van der Waals surface area (Å²) in [5.41, 5.74) is -0.227. The molecule has 0 aromatic rings. The molecule has 0 aliphatic carbocycles. The van der Waals surface area contributed by atoms with Crippen LogP contribution in [0.5, 0.6) is 0 Å². The third-order valence-electron chi connectivity index (χ3n) is 3.05. The monoisotopic (exact) mass is 273 g/mol. The predicted molar refractivity (Wildman–Crippen MR) is 83.6 cm³/mol. The molecular formula is C15H35N3O. The molecule has 0 rings (SSSR count). The van der Waals surface area contributed by atoms with Crippen molar-refractivity contribution < 1.29 is 5.11 Å².